The van der Waals surface area contributed by atoms with Gasteiger partial charge in [-0.3, -0.25) is 14.5 Å². The zero-order valence-electron chi connectivity index (χ0n) is 14.3. The number of halogens is 1. The van der Waals surface area contributed by atoms with Crippen molar-refractivity contribution in [3.63, 3.8) is 0 Å². The van der Waals surface area contributed by atoms with E-state index in [-0.39, 0.29) is 0 Å². The maximum absolute atomic E-state index is 9.30. The monoisotopic (exact) mass is 340 g/mol. The van der Waals surface area contributed by atoms with E-state index in [9.17, 15) is 5.11 Å². The van der Waals surface area contributed by atoms with E-state index in [4.69, 9.17) is 11.6 Å². The van der Waals surface area contributed by atoms with Crippen LogP contribution in [-0.2, 0) is 13.6 Å². The molecule has 2 aliphatic rings. The lowest BCUT2D eigenvalue weighted by atomic mass is 9.94. The molecule has 6 heteroatoms. The zero-order valence-corrected chi connectivity index (χ0v) is 15.1. The van der Waals surface area contributed by atoms with Crippen LogP contribution < -0.4 is 0 Å². The number of piperidine rings is 2. The fraction of sp³-hybridized carbons (Fsp3) is 0.824. The number of nitrogens with zero attached hydrogens (tertiary/aromatic N) is 4. The van der Waals surface area contributed by atoms with Gasteiger partial charge >= 0.3 is 0 Å². The molecule has 1 aromatic heterocycles. The van der Waals surface area contributed by atoms with Gasteiger partial charge < -0.3 is 5.11 Å². The Kier molecular flexibility index (Phi) is 5.62. The molecule has 0 amide bonds. The molecular formula is C17H29ClN4O. The molecular weight excluding hydrogens is 312 g/mol. The molecule has 130 valence electrons. The van der Waals surface area contributed by atoms with Crippen molar-refractivity contribution < 1.29 is 5.11 Å². The summed E-state index contributed by atoms with van der Waals surface area (Å²) in [6.45, 7) is 7.84. The smallest absolute Gasteiger partial charge is 0.131 e. The van der Waals surface area contributed by atoms with Gasteiger partial charge in [-0.1, -0.05) is 11.6 Å². The van der Waals surface area contributed by atoms with Crippen molar-refractivity contribution in [3.05, 3.63) is 16.4 Å². The number of aryl methyl sites for hydroxylation is 2. The van der Waals surface area contributed by atoms with Gasteiger partial charge in [0.25, 0.3) is 0 Å². The van der Waals surface area contributed by atoms with Gasteiger partial charge in [-0.2, -0.15) is 5.10 Å². The van der Waals surface area contributed by atoms with Crippen molar-refractivity contribution in [1.29, 1.82) is 0 Å². The van der Waals surface area contributed by atoms with Gasteiger partial charge in [0.2, 0.25) is 0 Å². The summed E-state index contributed by atoms with van der Waals surface area (Å²) in [5.41, 5.74) is 2.22. The first-order valence-corrected chi connectivity index (χ1v) is 9.21. The summed E-state index contributed by atoms with van der Waals surface area (Å²) in [5.74, 6) is 0.516. The summed E-state index contributed by atoms with van der Waals surface area (Å²) in [5, 5.41) is 14.5. The second-order valence-electron chi connectivity index (χ2n) is 7.17. The maximum Gasteiger partial charge on any atom is 0.131 e. The van der Waals surface area contributed by atoms with E-state index >= 15 is 0 Å². The number of hydrogen-bond acceptors (Lipinski definition) is 4. The lowest BCUT2D eigenvalue weighted by molar-refractivity contribution is 0.0543. The highest BCUT2D eigenvalue weighted by Gasteiger charge is 2.29. The van der Waals surface area contributed by atoms with Crippen LogP contribution in [0.2, 0.25) is 5.15 Å². The Hall–Kier alpha value is -0.620. The predicted octanol–water partition coefficient (Wildman–Crippen LogP) is 2.05. The second-order valence-corrected chi connectivity index (χ2v) is 7.53. The highest BCUT2D eigenvalue weighted by molar-refractivity contribution is 6.30. The Morgan fingerprint density at radius 2 is 1.96 bits per heavy atom. The minimum absolute atomic E-state index is 0.351. The molecule has 1 N–H and O–H groups in total. The van der Waals surface area contributed by atoms with Crippen LogP contribution >= 0.6 is 11.6 Å². The molecule has 2 fully saturated rings. The number of aliphatic hydroxyl groups is 1. The predicted molar refractivity (Wildman–Crippen MR) is 92.6 cm³/mol. The number of hydrogen-bond donors (Lipinski definition) is 1. The molecule has 0 saturated carbocycles. The van der Waals surface area contributed by atoms with Crippen LogP contribution in [0.3, 0.4) is 0 Å². The van der Waals surface area contributed by atoms with E-state index in [0.717, 1.165) is 56.4 Å². The fourth-order valence-electron chi connectivity index (χ4n) is 4.05. The van der Waals surface area contributed by atoms with E-state index in [1.165, 1.54) is 18.4 Å². The molecule has 23 heavy (non-hydrogen) atoms. The number of likely N-dealkylation sites (tertiary alicyclic amines) is 2. The summed E-state index contributed by atoms with van der Waals surface area (Å²) in [6.07, 6.45) is 4.82. The van der Waals surface area contributed by atoms with Crippen LogP contribution in [0, 0.1) is 12.8 Å². The average molecular weight is 341 g/mol. The van der Waals surface area contributed by atoms with Gasteiger partial charge in [0.1, 0.15) is 5.15 Å². The van der Waals surface area contributed by atoms with Crippen molar-refractivity contribution in [2.75, 3.05) is 32.8 Å². The third kappa shape index (κ3) is 3.90. The highest BCUT2D eigenvalue weighted by atomic mass is 35.5. The van der Waals surface area contributed by atoms with Crippen LogP contribution in [0.15, 0.2) is 0 Å². The molecule has 0 bridgehead atoms. The van der Waals surface area contributed by atoms with Crippen molar-refractivity contribution in [2.24, 2.45) is 13.0 Å². The van der Waals surface area contributed by atoms with Crippen LogP contribution in [0.25, 0.3) is 0 Å². The lowest BCUT2D eigenvalue weighted by Crippen LogP contribution is -2.50. The van der Waals surface area contributed by atoms with Gasteiger partial charge in [-0.25, -0.2) is 0 Å². The Morgan fingerprint density at radius 3 is 2.57 bits per heavy atom. The third-order valence-electron chi connectivity index (χ3n) is 5.56. The molecule has 1 aromatic rings. The van der Waals surface area contributed by atoms with Crippen LogP contribution in [0.4, 0.5) is 0 Å². The van der Waals surface area contributed by atoms with E-state index < -0.39 is 0 Å². The van der Waals surface area contributed by atoms with Gasteiger partial charge in [0, 0.05) is 38.3 Å². The molecule has 3 rings (SSSR count). The van der Waals surface area contributed by atoms with Crippen LogP contribution in [-0.4, -0.2) is 63.5 Å². The molecule has 0 aromatic carbocycles. The summed E-state index contributed by atoms with van der Waals surface area (Å²) in [6, 6.07) is 0.652. The van der Waals surface area contributed by atoms with Crippen molar-refractivity contribution >= 4 is 11.6 Å². The first-order valence-electron chi connectivity index (χ1n) is 8.83. The van der Waals surface area contributed by atoms with Crippen molar-refractivity contribution in [1.82, 2.24) is 19.6 Å². The topological polar surface area (TPSA) is 44.5 Å². The van der Waals surface area contributed by atoms with Gasteiger partial charge in [0.15, 0.2) is 0 Å². The molecule has 2 aliphatic heterocycles. The molecule has 2 saturated heterocycles. The Morgan fingerprint density at radius 1 is 1.22 bits per heavy atom. The quantitative estimate of drug-likeness (QED) is 0.911. The molecule has 0 radical (unpaired) electrons. The zero-order chi connectivity index (χ0) is 16.4. The van der Waals surface area contributed by atoms with E-state index in [1.54, 1.807) is 4.68 Å². The Labute approximate surface area is 144 Å². The summed E-state index contributed by atoms with van der Waals surface area (Å²) < 4.78 is 1.77. The first-order chi connectivity index (χ1) is 11.1. The molecule has 1 unspecified atom stereocenters. The maximum atomic E-state index is 9.30. The molecule has 0 aliphatic carbocycles. The van der Waals surface area contributed by atoms with Gasteiger partial charge in [-0.15, -0.1) is 0 Å². The summed E-state index contributed by atoms with van der Waals surface area (Å²) in [4.78, 5) is 5.16. The van der Waals surface area contributed by atoms with Crippen LogP contribution in [0.1, 0.15) is 36.9 Å². The Bertz CT molecular complexity index is 525. The second kappa shape index (κ2) is 7.51. The van der Waals surface area contributed by atoms with Crippen molar-refractivity contribution in [3.8, 4) is 0 Å². The summed E-state index contributed by atoms with van der Waals surface area (Å²) >= 11 is 6.39. The van der Waals surface area contributed by atoms with Crippen LogP contribution in [0.5, 0.6) is 0 Å². The number of aliphatic hydroxyl groups excluding tert-OH is 1. The normalized spacial score (nSPS) is 25.1. The molecule has 3 heterocycles. The molecule has 5 nitrogen and oxygen atoms in total. The highest BCUT2D eigenvalue weighted by Crippen LogP contribution is 2.26. The SMILES string of the molecule is Cc1nn(C)c(Cl)c1CN1CCCC(N2CCC(CO)CC2)C1. The van der Waals surface area contributed by atoms with Crippen molar-refractivity contribution in [2.45, 2.75) is 45.2 Å². The van der Waals surface area contributed by atoms with E-state index in [0.29, 0.717) is 18.6 Å². The van der Waals surface area contributed by atoms with E-state index in [2.05, 4.69) is 14.9 Å². The number of aromatic nitrogens is 2. The standard InChI is InChI=1S/C17H29ClN4O/c1-13-16(17(18)20(2)19-13)11-21-7-3-4-15(10-21)22-8-5-14(12-23)6-9-22/h14-15,23H,3-12H2,1-2H3. The summed E-state index contributed by atoms with van der Waals surface area (Å²) in [7, 11) is 1.91. The average Bonchev–Trinajstić information content (AvgIpc) is 2.81. The number of rotatable bonds is 4. The Balaban J connectivity index is 1.58. The molecule has 0 spiro atoms. The van der Waals surface area contributed by atoms with E-state index in [1.807, 2.05) is 14.0 Å². The fourth-order valence-corrected chi connectivity index (χ4v) is 4.28. The molecule has 1 atom stereocenters. The minimum atomic E-state index is 0.351. The third-order valence-corrected chi connectivity index (χ3v) is 6.03. The first kappa shape index (κ1) is 17.2. The van der Waals surface area contributed by atoms with Gasteiger partial charge in [0.05, 0.1) is 5.69 Å². The largest absolute Gasteiger partial charge is 0.396 e. The minimum Gasteiger partial charge on any atom is -0.396 e. The lowest BCUT2D eigenvalue weighted by Gasteiger charge is -2.42. The van der Waals surface area contributed by atoms with Gasteiger partial charge in [-0.05, 0) is 58.2 Å².